The Labute approximate surface area is 119 Å². The highest BCUT2D eigenvalue weighted by Crippen LogP contribution is 2.35. The molecule has 0 amide bonds. The van der Waals surface area contributed by atoms with Gasteiger partial charge in [-0.25, -0.2) is 0 Å². The maximum Gasteiger partial charge on any atom is 0.133 e. The summed E-state index contributed by atoms with van der Waals surface area (Å²) in [4.78, 5) is 0. The molecular weight excluding hydrogens is 248 g/mol. The summed E-state index contributed by atoms with van der Waals surface area (Å²) in [6, 6.07) is 12.2. The van der Waals surface area contributed by atoms with Gasteiger partial charge in [0.1, 0.15) is 11.9 Å². The van der Waals surface area contributed by atoms with Crippen molar-refractivity contribution in [1.82, 2.24) is 0 Å². The fraction of sp³-hybridized carbons (Fsp3) is 0.333. The average molecular weight is 268 g/mol. The van der Waals surface area contributed by atoms with Crippen molar-refractivity contribution >= 4 is 10.8 Å². The van der Waals surface area contributed by atoms with Crippen LogP contribution in [0.2, 0.25) is 0 Å². The summed E-state index contributed by atoms with van der Waals surface area (Å²) in [6.45, 7) is 1.79. The number of benzene rings is 2. The van der Waals surface area contributed by atoms with Gasteiger partial charge in [0.15, 0.2) is 0 Å². The molecule has 2 atom stereocenters. The van der Waals surface area contributed by atoms with Gasteiger partial charge in [-0.3, -0.25) is 0 Å². The number of ether oxygens (including phenoxy) is 1. The second-order valence-electron chi connectivity index (χ2n) is 5.40. The standard InChI is InChI=1S/C18H20O2/c1-13(19)16-12-11-14-7-5-6-10-17(14)18(16)20-15-8-3-2-4-9-15/h3,5-8,10-13,15,19H,2,4,9H2,1H3/t13-,15?/m1/s1. The SMILES string of the molecule is C[C@@H](O)c1ccc2ccccc2c1OC1C=CCCC1. The Morgan fingerprint density at radius 3 is 2.80 bits per heavy atom. The van der Waals surface area contributed by atoms with Crippen molar-refractivity contribution in [1.29, 1.82) is 0 Å². The third-order valence-corrected chi connectivity index (χ3v) is 3.84. The largest absolute Gasteiger partial charge is 0.485 e. The number of aliphatic hydroxyl groups is 1. The summed E-state index contributed by atoms with van der Waals surface area (Å²) < 4.78 is 6.21. The van der Waals surface area contributed by atoms with Crippen molar-refractivity contribution in [3.05, 3.63) is 54.1 Å². The van der Waals surface area contributed by atoms with E-state index in [9.17, 15) is 5.11 Å². The number of aliphatic hydroxyl groups excluding tert-OH is 1. The van der Waals surface area contributed by atoms with Crippen LogP contribution in [0.25, 0.3) is 10.8 Å². The van der Waals surface area contributed by atoms with E-state index in [4.69, 9.17) is 4.74 Å². The summed E-state index contributed by atoms with van der Waals surface area (Å²) in [5, 5.41) is 12.2. The predicted octanol–water partition coefficient (Wildman–Crippen LogP) is 4.38. The van der Waals surface area contributed by atoms with Crippen molar-refractivity contribution in [3.63, 3.8) is 0 Å². The van der Waals surface area contributed by atoms with Gasteiger partial charge in [0, 0.05) is 10.9 Å². The Kier molecular flexibility index (Phi) is 3.75. The van der Waals surface area contributed by atoms with Crippen molar-refractivity contribution in [2.24, 2.45) is 0 Å². The number of hydrogen-bond donors (Lipinski definition) is 1. The minimum absolute atomic E-state index is 0.118. The number of allylic oxidation sites excluding steroid dienone is 1. The van der Waals surface area contributed by atoms with Crippen LogP contribution in [0.4, 0.5) is 0 Å². The molecule has 1 unspecified atom stereocenters. The van der Waals surface area contributed by atoms with Gasteiger partial charge in [-0.1, -0.05) is 42.5 Å². The van der Waals surface area contributed by atoms with E-state index in [2.05, 4.69) is 24.3 Å². The minimum Gasteiger partial charge on any atom is -0.485 e. The topological polar surface area (TPSA) is 29.5 Å². The molecule has 0 heterocycles. The molecule has 1 N–H and O–H groups in total. The van der Waals surface area contributed by atoms with Gasteiger partial charge >= 0.3 is 0 Å². The lowest BCUT2D eigenvalue weighted by molar-refractivity contribution is 0.182. The van der Waals surface area contributed by atoms with E-state index in [1.54, 1.807) is 6.92 Å². The van der Waals surface area contributed by atoms with Crippen LogP contribution in [0.5, 0.6) is 5.75 Å². The number of hydrogen-bond acceptors (Lipinski definition) is 2. The highest BCUT2D eigenvalue weighted by Gasteiger charge is 2.17. The van der Waals surface area contributed by atoms with Crippen molar-refractivity contribution in [2.75, 3.05) is 0 Å². The molecule has 0 saturated carbocycles. The van der Waals surface area contributed by atoms with Crippen LogP contribution in [-0.2, 0) is 0 Å². The second-order valence-corrected chi connectivity index (χ2v) is 5.40. The molecule has 104 valence electrons. The predicted molar refractivity (Wildman–Crippen MR) is 82.0 cm³/mol. The second kappa shape index (κ2) is 5.68. The zero-order chi connectivity index (χ0) is 13.9. The highest BCUT2D eigenvalue weighted by atomic mass is 16.5. The Morgan fingerprint density at radius 2 is 2.05 bits per heavy atom. The van der Waals surface area contributed by atoms with Gasteiger partial charge in [0.25, 0.3) is 0 Å². The Balaban J connectivity index is 2.07. The lowest BCUT2D eigenvalue weighted by atomic mass is 10.0. The first-order valence-electron chi connectivity index (χ1n) is 7.29. The van der Waals surface area contributed by atoms with Crippen LogP contribution in [0.1, 0.15) is 37.9 Å². The van der Waals surface area contributed by atoms with E-state index in [-0.39, 0.29) is 6.10 Å². The van der Waals surface area contributed by atoms with E-state index in [0.717, 1.165) is 41.3 Å². The smallest absolute Gasteiger partial charge is 0.133 e. The van der Waals surface area contributed by atoms with E-state index < -0.39 is 6.10 Å². The molecule has 0 fully saturated rings. The molecule has 2 aromatic carbocycles. The highest BCUT2D eigenvalue weighted by molar-refractivity contribution is 5.89. The summed E-state index contributed by atoms with van der Waals surface area (Å²) in [7, 11) is 0. The van der Waals surface area contributed by atoms with Gasteiger partial charge in [0.05, 0.1) is 6.10 Å². The van der Waals surface area contributed by atoms with Gasteiger partial charge < -0.3 is 9.84 Å². The Morgan fingerprint density at radius 1 is 1.20 bits per heavy atom. The average Bonchev–Trinajstić information content (AvgIpc) is 2.48. The van der Waals surface area contributed by atoms with E-state index >= 15 is 0 Å². The van der Waals surface area contributed by atoms with Crippen molar-refractivity contribution < 1.29 is 9.84 Å². The van der Waals surface area contributed by atoms with Crippen molar-refractivity contribution in [2.45, 2.75) is 38.4 Å². The van der Waals surface area contributed by atoms with Crippen LogP contribution < -0.4 is 4.74 Å². The summed E-state index contributed by atoms with van der Waals surface area (Å²) in [6.07, 6.45) is 7.25. The van der Waals surface area contributed by atoms with Gasteiger partial charge in [-0.05, 0) is 37.6 Å². The zero-order valence-electron chi connectivity index (χ0n) is 11.8. The first kappa shape index (κ1) is 13.2. The molecular formula is C18H20O2. The normalized spacial score (nSPS) is 20.0. The minimum atomic E-state index is -0.526. The Bertz CT molecular complexity index is 628. The summed E-state index contributed by atoms with van der Waals surface area (Å²) >= 11 is 0. The molecule has 1 aliphatic carbocycles. The van der Waals surface area contributed by atoms with Crippen LogP contribution in [-0.4, -0.2) is 11.2 Å². The molecule has 0 aromatic heterocycles. The monoisotopic (exact) mass is 268 g/mol. The van der Waals surface area contributed by atoms with Crippen LogP contribution in [0, 0.1) is 0 Å². The van der Waals surface area contributed by atoms with E-state index in [1.165, 1.54) is 0 Å². The number of rotatable bonds is 3. The van der Waals surface area contributed by atoms with E-state index in [0.29, 0.717) is 0 Å². The summed E-state index contributed by atoms with van der Waals surface area (Å²) in [5.41, 5.74) is 0.864. The molecule has 2 nitrogen and oxygen atoms in total. The molecule has 0 spiro atoms. The molecule has 0 radical (unpaired) electrons. The molecule has 20 heavy (non-hydrogen) atoms. The lowest BCUT2D eigenvalue weighted by Crippen LogP contribution is -2.17. The fourth-order valence-electron chi connectivity index (χ4n) is 2.75. The van der Waals surface area contributed by atoms with Crippen LogP contribution in [0.15, 0.2) is 48.6 Å². The first-order chi connectivity index (χ1) is 9.75. The maximum atomic E-state index is 10.00. The quantitative estimate of drug-likeness (QED) is 0.837. The van der Waals surface area contributed by atoms with Gasteiger partial charge in [0.2, 0.25) is 0 Å². The number of fused-ring (bicyclic) bond motifs is 1. The fourth-order valence-corrected chi connectivity index (χ4v) is 2.75. The van der Waals surface area contributed by atoms with Gasteiger partial charge in [-0.15, -0.1) is 0 Å². The van der Waals surface area contributed by atoms with E-state index in [1.807, 2.05) is 24.3 Å². The molecule has 0 bridgehead atoms. The van der Waals surface area contributed by atoms with Crippen LogP contribution >= 0.6 is 0 Å². The molecule has 0 saturated heterocycles. The van der Waals surface area contributed by atoms with Gasteiger partial charge in [-0.2, -0.15) is 0 Å². The van der Waals surface area contributed by atoms with Crippen molar-refractivity contribution in [3.8, 4) is 5.75 Å². The molecule has 2 heteroatoms. The third-order valence-electron chi connectivity index (χ3n) is 3.84. The molecule has 1 aliphatic rings. The molecule has 0 aliphatic heterocycles. The lowest BCUT2D eigenvalue weighted by Gasteiger charge is -2.22. The first-order valence-corrected chi connectivity index (χ1v) is 7.29. The molecule has 2 aromatic rings. The Hall–Kier alpha value is -1.80. The summed E-state index contributed by atoms with van der Waals surface area (Å²) in [5.74, 6) is 0.828. The maximum absolute atomic E-state index is 10.00. The third kappa shape index (κ3) is 2.56. The van der Waals surface area contributed by atoms with Crippen LogP contribution in [0.3, 0.4) is 0 Å². The zero-order valence-corrected chi connectivity index (χ0v) is 11.8. The molecule has 3 rings (SSSR count).